The fourth-order valence-corrected chi connectivity index (χ4v) is 2.84. The first-order chi connectivity index (χ1) is 10.6. The van der Waals surface area contributed by atoms with Crippen molar-refractivity contribution < 1.29 is 14.3 Å². The number of rotatable bonds is 7. The predicted octanol–water partition coefficient (Wildman–Crippen LogP) is 1.47. The van der Waals surface area contributed by atoms with E-state index in [-0.39, 0.29) is 11.8 Å². The van der Waals surface area contributed by atoms with Crippen molar-refractivity contribution in [2.24, 2.45) is 5.92 Å². The Labute approximate surface area is 131 Å². The minimum atomic E-state index is -0.0476. The van der Waals surface area contributed by atoms with Crippen molar-refractivity contribution in [2.45, 2.75) is 19.8 Å². The van der Waals surface area contributed by atoms with Crippen LogP contribution in [0.4, 0.5) is 0 Å². The van der Waals surface area contributed by atoms with Crippen molar-refractivity contribution in [3.05, 3.63) is 35.4 Å². The predicted molar refractivity (Wildman–Crippen MR) is 84.7 cm³/mol. The van der Waals surface area contributed by atoms with Crippen LogP contribution < -0.4 is 5.32 Å². The Morgan fingerprint density at radius 3 is 3.00 bits per heavy atom. The van der Waals surface area contributed by atoms with Crippen LogP contribution in [-0.4, -0.2) is 50.1 Å². The smallest absolute Gasteiger partial charge is 0.251 e. The first-order valence-corrected chi connectivity index (χ1v) is 7.78. The average Bonchev–Trinajstić information content (AvgIpc) is 2.85. The summed E-state index contributed by atoms with van der Waals surface area (Å²) < 4.78 is 5.03. The third-order valence-electron chi connectivity index (χ3n) is 3.91. The van der Waals surface area contributed by atoms with E-state index in [2.05, 4.69) is 5.32 Å². The minimum absolute atomic E-state index is 0.0476. The maximum atomic E-state index is 11.9. The standard InChI is InChI=1S/C17H24N2O3/c1-3-18-17(21)15-6-4-5-13(10-15)9-14-11-16(20)19(12-14)7-8-22-2/h4-6,10,14H,3,7-9,11-12H2,1-2H3,(H,18,21)/t14-/m0/s1. The van der Waals surface area contributed by atoms with Gasteiger partial charge in [-0.15, -0.1) is 0 Å². The molecule has 0 aromatic heterocycles. The summed E-state index contributed by atoms with van der Waals surface area (Å²) in [4.78, 5) is 25.7. The Hall–Kier alpha value is -1.88. The summed E-state index contributed by atoms with van der Waals surface area (Å²) in [6, 6.07) is 7.66. The number of carbonyl (C=O) groups excluding carboxylic acids is 2. The minimum Gasteiger partial charge on any atom is -0.383 e. The van der Waals surface area contributed by atoms with E-state index in [4.69, 9.17) is 4.74 Å². The Balaban J connectivity index is 1.95. The van der Waals surface area contributed by atoms with Crippen LogP contribution in [0.25, 0.3) is 0 Å². The number of hydrogen-bond acceptors (Lipinski definition) is 3. The summed E-state index contributed by atoms with van der Waals surface area (Å²) in [5.74, 6) is 0.462. The Morgan fingerprint density at radius 2 is 2.27 bits per heavy atom. The Morgan fingerprint density at radius 1 is 1.45 bits per heavy atom. The Bertz CT molecular complexity index is 530. The van der Waals surface area contributed by atoms with Crippen LogP contribution in [0.15, 0.2) is 24.3 Å². The van der Waals surface area contributed by atoms with Crippen molar-refractivity contribution in [1.82, 2.24) is 10.2 Å². The first-order valence-electron chi connectivity index (χ1n) is 7.78. The number of hydrogen-bond donors (Lipinski definition) is 1. The highest BCUT2D eigenvalue weighted by molar-refractivity contribution is 5.94. The molecule has 1 aliphatic rings. The molecule has 1 aliphatic heterocycles. The van der Waals surface area contributed by atoms with Crippen molar-refractivity contribution in [3.8, 4) is 0 Å². The molecule has 22 heavy (non-hydrogen) atoms. The van der Waals surface area contributed by atoms with Gasteiger partial charge in [-0.05, 0) is 37.0 Å². The van der Waals surface area contributed by atoms with E-state index < -0.39 is 0 Å². The number of ether oxygens (including phenoxy) is 1. The Kier molecular flexibility index (Phi) is 5.95. The maximum absolute atomic E-state index is 11.9. The lowest BCUT2D eigenvalue weighted by Gasteiger charge is -2.16. The molecule has 1 N–H and O–H groups in total. The van der Waals surface area contributed by atoms with E-state index in [1.807, 2.05) is 36.1 Å². The van der Waals surface area contributed by atoms with Gasteiger partial charge < -0.3 is 15.0 Å². The van der Waals surface area contributed by atoms with Gasteiger partial charge in [0, 0.05) is 38.7 Å². The normalized spacial score (nSPS) is 17.8. The number of carbonyl (C=O) groups is 2. The van der Waals surface area contributed by atoms with E-state index in [1.165, 1.54) is 0 Å². The molecule has 0 aliphatic carbocycles. The van der Waals surface area contributed by atoms with Crippen LogP contribution >= 0.6 is 0 Å². The maximum Gasteiger partial charge on any atom is 0.251 e. The lowest BCUT2D eigenvalue weighted by Crippen LogP contribution is -2.28. The molecule has 5 nitrogen and oxygen atoms in total. The summed E-state index contributed by atoms with van der Waals surface area (Å²) in [7, 11) is 1.64. The van der Waals surface area contributed by atoms with Crippen LogP contribution in [0.3, 0.4) is 0 Å². The lowest BCUT2D eigenvalue weighted by molar-refractivity contribution is -0.128. The van der Waals surface area contributed by atoms with E-state index >= 15 is 0 Å². The number of benzene rings is 1. The largest absolute Gasteiger partial charge is 0.383 e. The summed E-state index contributed by atoms with van der Waals surface area (Å²) in [6.07, 6.45) is 1.40. The number of nitrogens with one attached hydrogen (secondary N) is 1. The zero-order chi connectivity index (χ0) is 15.9. The second-order valence-electron chi connectivity index (χ2n) is 5.67. The summed E-state index contributed by atoms with van der Waals surface area (Å²) in [6.45, 7) is 4.53. The van der Waals surface area contributed by atoms with E-state index in [9.17, 15) is 9.59 Å². The van der Waals surface area contributed by atoms with Gasteiger partial charge in [0.05, 0.1) is 6.61 Å². The molecule has 0 saturated carbocycles. The average molecular weight is 304 g/mol. The van der Waals surface area contributed by atoms with Crippen LogP contribution in [0.1, 0.15) is 29.3 Å². The zero-order valence-corrected chi connectivity index (χ0v) is 13.3. The van der Waals surface area contributed by atoms with Gasteiger partial charge in [0.15, 0.2) is 0 Å². The number of nitrogens with zero attached hydrogens (tertiary/aromatic N) is 1. The molecular weight excluding hydrogens is 280 g/mol. The van der Waals surface area contributed by atoms with Gasteiger partial charge in [-0.25, -0.2) is 0 Å². The summed E-state index contributed by atoms with van der Waals surface area (Å²) >= 11 is 0. The molecule has 120 valence electrons. The molecule has 1 aromatic rings. The fourth-order valence-electron chi connectivity index (χ4n) is 2.84. The van der Waals surface area contributed by atoms with Crippen molar-refractivity contribution in [3.63, 3.8) is 0 Å². The number of amides is 2. The quantitative estimate of drug-likeness (QED) is 0.830. The van der Waals surface area contributed by atoms with Gasteiger partial charge in [0.25, 0.3) is 5.91 Å². The molecule has 1 atom stereocenters. The van der Waals surface area contributed by atoms with Crippen molar-refractivity contribution >= 4 is 11.8 Å². The van der Waals surface area contributed by atoms with Crippen LogP contribution in [0.5, 0.6) is 0 Å². The van der Waals surface area contributed by atoms with Gasteiger partial charge in [-0.1, -0.05) is 12.1 Å². The van der Waals surface area contributed by atoms with Gasteiger partial charge in [0.1, 0.15) is 0 Å². The molecule has 0 radical (unpaired) electrons. The molecule has 2 amide bonds. The first kappa shape index (κ1) is 16.5. The second kappa shape index (κ2) is 7.94. The van der Waals surface area contributed by atoms with Crippen LogP contribution in [-0.2, 0) is 16.0 Å². The number of likely N-dealkylation sites (tertiary alicyclic amines) is 1. The molecule has 1 aromatic carbocycles. The molecule has 2 rings (SSSR count). The summed E-state index contributed by atoms with van der Waals surface area (Å²) in [5.41, 5.74) is 1.79. The summed E-state index contributed by atoms with van der Waals surface area (Å²) in [5, 5.41) is 2.80. The molecule has 5 heteroatoms. The monoisotopic (exact) mass is 304 g/mol. The third-order valence-corrected chi connectivity index (χ3v) is 3.91. The lowest BCUT2D eigenvalue weighted by atomic mass is 9.97. The fraction of sp³-hybridized carbons (Fsp3) is 0.529. The molecule has 0 spiro atoms. The molecule has 1 saturated heterocycles. The molecule has 1 fully saturated rings. The topological polar surface area (TPSA) is 58.6 Å². The van der Waals surface area contributed by atoms with Crippen LogP contribution in [0, 0.1) is 5.92 Å². The highest BCUT2D eigenvalue weighted by atomic mass is 16.5. The van der Waals surface area contributed by atoms with Crippen molar-refractivity contribution in [1.29, 1.82) is 0 Å². The highest BCUT2D eigenvalue weighted by Crippen LogP contribution is 2.22. The van der Waals surface area contributed by atoms with Gasteiger partial charge in [0.2, 0.25) is 5.91 Å². The zero-order valence-electron chi connectivity index (χ0n) is 13.3. The molecule has 0 unspecified atom stereocenters. The number of methoxy groups -OCH3 is 1. The SMILES string of the molecule is CCNC(=O)c1cccc(C[C@H]2CC(=O)N(CCOC)C2)c1. The molecular formula is C17H24N2O3. The van der Waals surface area contributed by atoms with Crippen LogP contribution in [0.2, 0.25) is 0 Å². The third kappa shape index (κ3) is 4.31. The van der Waals surface area contributed by atoms with E-state index in [0.29, 0.717) is 37.6 Å². The van der Waals surface area contributed by atoms with Gasteiger partial charge >= 0.3 is 0 Å². The van der Waals surface area contributed by atoms with E-state index in [0.717, 1.165) is 18.5 Å². The van der Waals surface area contributed by atoms with Gasteiger partial charge in [-0.3, -0.25) is 9.59 Å². The highest BCUT2D eigenvalue weighted by Gasteiger charge is 2.29. The van der Waals surface area contributed by atoms with Crippen molar-refractivity contribution in [2.75, 3.05) is 33.4 Å². The second-order valence-corrected chi connectivity index (χ2v) is 5.67. The molecule has 0 bridgehead atoms. The van der Waals surface area contributed by atoms with E-state index in [1.54, 1.807) is 7.11 Å². The van der Waals surface area contributed by atoms with Gasteiger partial charge in [-0.2, -0.15) is 0 Å². The molecule has 1 heterocycles.